The first kappa shape index (κ1) is 32.7. The molecule has 3 fully saturated rings. The zero-order valence-electron chi connectivity index (χ0n) is 26.4. The predicted octanol–water partition coefficient (Wildman–Crippen LogP) is 6.36. The number of aliphatic imine (C=N–C) groups is 1. The van der Waals surface area contributed by atoms with E-state index in [2.05, 4.69) is 10.3 Å². The maximum atomic E-state index is 15.1. The molecule has 1 aliphatic carbocycles. The highest BCUT2D eigenvalue weighted by Crippen LogP contribution is 2.56. The molecular weight excluding hydrogens is 672 g/mol. The van der Waals surface area contributed by atoms with Crippen molar-refractivity contribution in [2.45, 2.75) is 82.1 Å². The number of carbonyl (C=O) groups is 2. The summed E-state index contributed by atoms with van der Waals surface area (Å²) >= 11 is 13.3. The number of benzene rings is 1. The Hall–Kier alpha value is -2.80. The fourth-order valence-corrected chi connectivity index (χ4v) is 8.95. The number of likely N-dealkylation sites (tertiary alicyclic amines) is 1. The number of alkyl halides is 2. The summed E-state index contributed by atoms with van der Waals surface area (Å²) in [5, 5.41) is 4.22. The van der Waals surface area contributed by atoms with Gasteiger partial charge in [0.25, 0.3) is 11.8 Å². The Morgan fingerprint density at radius 2 is 1.85 bits per heavy atom. The van der Waals surface area contributed by atoms with Crippen LogP contribution in [0.25, 0.3) is 0 Å². The zero-order chi connectivity index (χ0) is 33.6. The third-order valence-corrected chi connectivity index (χ3v) is 11.6. The topological polar surface area (TPSA) is 81.1 Å². The number of hydrogen-bond acceptors (Lipinski definition) is 7. The first-order chi connectivity index (χ1) is 22.1. The number of thioether (sulfide) groups is 1. The van der Waals surface area contributed by atoms with Gasteiger partial charge in [-0.3, -0.25) is 9.59 Å². The zero-order valence-corrected chi connectivity index (χ0v) is 28.7. The van der Waals surface area contributed by atoms with Crippen LogP contribution in [0.4, 0.5) is 13.2 Å². The van der Waals surface area contributed by atoms with E-state index in [0.29, 0.717) is 40.2 Å². The van der Waals surface area contributed by atoms with Gasteiger partial charge in [0, 0.05) is 48.5 Å². The number of amidine groups is 1. The van der Waals surface area contributed by atoms with E-state index in [0.717, 1.165) is 29.5 Å². The van der Waals surface area contributed by atoms with Gasteiger partial charge in [-0.2, -0.15) is 0 Å². The monoisotopic (exact) mass is 706 g/mol. The van der Waals surface area contributed by atoms with E-state index in [-0.39, 0.29) is 27.4 Å². The molecule has 2 aromatic rings. The van der Waals surface area contributed by atoms with Gasteiger partial charge in [0.1, 0.15) is 27.5 Å². The quantitative estimate of drug-likeness (QED) is 0.365. The molecule has 7 rings (SSSR count). The fraction of sp³-hybridized carbons (Fsp3) is 0.515. The number of rotatable bonds is 5. The van der Waals surface area contributed by atoms with Gasteiger partial charge in [0.05, 0.1) is 17.6 Å². The number of pyridine rings is 1. The van der Waals surface area contributed by atoms with Crippen LogP contribution in [0, 0.1) is 11.7 Å². The van der Waals surface area contributed by atoms with Crippen LogP contribution in [0.5, 0.6) is 0 Å². The highest BCUT2D eigenvalue weighted by molar-refractivity contribution is 8.18. The van der Waals surface area contributed by atoms with Crippen LogP contribution in [0.3, 0.4) is 0 Å². The summed E-state index contributed by atoms with van der Waals surface area (Å²) in [6, 6.07) is 5.89. The number of fused-ring (bicyclic) bond motifs is 1. The molecule has 4 atom stereocenters. The number of nitrogens with one attached hydrogen (secondary N) is 1. The summed E-state index contributed by atoms with van der Waals surface area (Å²) in [6.07, 6.45) is 2.75. The molecule has 250 valence electrons. The molecule has 0 bridgehead atoms. The number of nitrogens with zero attached hydrogens (tertiary/aromatic N) is 5. The number of piperazine rings is 1. The van der Waals surface area contributed by atoms with Gasteiger partial charge in [0.15, 0.2) is 5.17 Å². The molecule has 0 radical (unpaired) electrons. The Balaban J connectivity index is 1.28. The smallest absolute Gasteiger partial charge is 0.267 e. The first-order valence-electron chi connectivity index (χ1n) is 15.8. The molecule has 1 saturated carbocycles. The molecule has 1 aromatic heterocycles. The summed E-state index contributed by atoms with van der Waals surface area (Å²) in [5.74, 6) is -5.17. The third kappa shape index (κ3) is 5.53. The molecule has 1 spiro atoms. The van der Waals surface area contributed by atoms with Crippen molar-refractivity contribution in [1.82, 2.24) is 25.0 Å². The minimum absolute atomic E-state index is 0.0360. The number of amides is 2. The molecule has 8 nitrogen and oxygen atoms in total. The van der Waals surface area contributed by atoms with E-state index in [1.807, 2.05) is 38.7 Å². The van der Waals surface area contributed by atoms with Gasteiger partial charge in [-0.25, -0.2) is 23.1 Å². The van der Waals surface area contributed by atoms with E-state index in [1.165, 1.54) is 12.1 Å². The lowest BCUT2D eigenvalue weighted by atomic mass is 9.81. The lowest BCUT2D eigenvalue weighted by molar-refractivity contribution is -0.144. The Morgan fingerprint density at radius 3 is 2.49 bits per heavy atom. The Labute approximate surface area is 285 Å². The average Bonchev–Trinajstić information content (AvgIpc) is 3.40. The summed E-state index contributed by atoms with van der Waals surface area (Å²) in [7, 11) is 0. The van der Waals surface area contributed by atoms with Crippen LogP contribution in [-0.4, -0.2) is 79.8 Å². The molecule has 1 N–H and O–H groups in total. The van der Waals surface area contributed by atoms with Crippen LogP contribution in [-0.2, 0) is 15.1 Å². The standard InChI is InChI=1S/C33H35Cl2F3N6O2S/c1-17(2)25-26(29(46)43-16-33(37,38)12-23(43)28(45)42-15-32(9-10-32)40-13-18(42)3)47-30-41-31(4,20-6-8-24(35)39-14-20)27(44(25)30)19-5-7-21(34)22(36)11-19/h5-8,11,14,17-18,23,27,40H,9-10,12-13,15-16H2,1-4H3/t18-,23-,27+,31-/m0/s1. The van der Waals surface area contributed by atoms with Crippen LogP contribution < -0.4 is 5.32 Å². The van der Waals surface area contributed by atoms with Crippen molar-refractivity contribution in [3.8, 4) is 0 Å². The molecule has 1 aromatic carbocycles. The second-order valence-corrected chi connectivity index (χ2v) is 15.6. The lowest BCUT2D eigenvalue weighted by Gasteiger charge is -2.41. The highest BCUT2D eigenvalue weighted by Gasteiger charge is 2.58. The second-order valence-electron chi connectivity index (χ2n) is 13.8. The first-order valence-corrected chi connectivity index (χ1v) is 17.3. The number of carbonyl (C=O) groups excluding carboxylic acids is 2. The molecule has 2 saturated heterocycles. The van der Waals surface area contributed by atoms with E-state index in [1.54, 1.807) is 23.2 Å². The molecule has 47 heavy (non-hydrogen) atoms. The minimum Gasteiger partial charge on any atom is -0.335 e. The van der Waals surface area contributed by atoms with E-state index in [9.17, 15) is 14.0 Å². The summed E-state index contributed by atoms with van der Waals surface area (Å²) < 4.78 is 45.3. The minimum atomic E-state index is -3.22. The van der Waals surface area contributed by atoms with Crippen molar-refractivity contribution in [2.75, 3.05) is 19.6 Å². The largest absolute Gasteiger partial charge is 0.335 e. The molecule has 4 aliphatic heterocycles. The Bertz CT molecular complexity index is 1720. The third-order valence-electron chi connectivity index (χ3n) is 10.1. The van der Waals surface area contributed by atoms with E-state index >= 15 is 8.78 Å². The van der Waals surface area contributed by atoms with Crippen molar-refractivity contribution in [1.29, 1.82) is 0 Å². The SMILES string of the molecule is CC(C)C1=C(C(=O)N2CC(F)(F)C[C@H]2C(=O)N2CC3(CC3)NC[C@@H]2C)SC2=N[C@@](C)(c3ccc(Cl)nc3)[C@@H](c3ccc(Cl)c(F)c3)N21. The van der Waals surface area contributed by atoms with Gasteiger partial charge in [-0.15, -0.1) is 0 Å². The van der Waals surface area contributed by atoms with Crippen molar-refractivity contribution in [3.05, 3.63) is 74.3 Å². The lowest BCUT2D eigenvalue weighted by Crippen LogP contribution is -2.61. The maximum absolute atomic E-state index is 15.1. The number of allylic oxidation sites excluding steroid dienone is 1. The van der Waals surface area contributed by atoms with Gasteiger partial charge in [0.2, 0.25) is 5.91 Å². The number of hydrogen-bond donors (Lipinski definition) is 1. The van der Waals surface area contributed by atoms with Crippen LogP contribution in [0.2, 0.25) is 10.2 Å². The predicted molar refractivity (Wildman–Crippen MR) is 176 cm³/mol. The molecule has 14 heteroatoms. The average molecular weight is 708 g/mol. The summed E-state index contributed by atoms with van der Waals surface area (Å²) in [5.41, 5.74) is 0.685. The molecule has 0 unspecified atom stereocenters. The molecule has 5 aliphatic rings. The van der Waals surface area contributed by atoms with Crippen molar-refractivity contribution < 1.29 is 22.8 Å². The normalized spacial score (nSPS) is 29.2. The fourth-order valence-electron chi connectivity index (χ4n) is 7.36. The van der Waals surface area contributed by atoms with Gasteiger partial charge in [-0.05, 0) is 68.1 Å². The van der Waals surface area contributed by atoms with Gasteiger partial charge in [-0.1, -0.05) is 49.2 Å². The maximum Gasteiger partial charge on any atom is 0.267 e. The van der Waals surface area contributed by atoms with Gasteiger partial charge < -0.3 is 20.0 Å². The van der Waals surface area contributed by atoms with Crippen molar-refractivity contribution in [3.63, 3.8) is 0 Å². The van der Waals surface area contributed by atoms with Crippen LogP contribution >= 0.6 is 35.0 Å². The summed E-state index contributed by atoms with van der Waals surface area (Å²) in [6.45, 7) is 7.77. The second kappa shape index (κ2) is 11.4. The number of aromatic nitrogens is 1. The summed E-state index contributed by atoms with van der Waals surface area (Å²) in [4.78, 5) is 42.7. The Kier molecular flexibility index (Phi) is 7.93. The molecule has 2 amide bonds. The van der Waals surface area contributed by atoms with Gasteiger partial charge >= 0.3 is 0 Å². The van der Waals surface area contributed by atoms with Crippen LogP contribution in [0.15, 0.2) is 52.1 Å². The van der Waals surface area contributed by atoms with Crippen molar-refractivity contribution in [2.24, 2.45) is 10.9 Å². The molecule has 5 heterocycles. The van der Waals surface area contributed by atoms with E-state index < -0.39 is 54.1 Å². The van der Waals surface area contributed by atoms with Crippen molar-refractivity contribution >= 4 is 51.9 Å². The number of halogens is 5. The highest BCUT2D eigenvalue weighted by atomic mass is 35.5. The van der Waals surface area contributed by atoms with Crippen LogP contribution in [0.1, 0.15) is 64.1 Å². The molecular formula is C33H35Cl2F3N6O2S. The Morgan fingerprint density at radius 1 is 1.11 bits per heavy atom. The van der Waals surface area contributed by atoms with E-state index in [4.69, 9.17) is 28.2 Å².